The van der Waals surface area contributed by atoms with E-state index >= 15 is 0 Å². The molecule has 0 aliphatic rings. The fourth-order valence-electron chi connectivity index (χ4n) is 1.53. The van der Waals surface area contributed by atoms with Crippen LogP contribution in [0.1, 0.15) is 34.1 Å². The second-order valence-electron chi connectivity index (χ2n) is 5.16. The number of aromatic nitrogens is 2. The molecule has 17 heavy (non-hydrogen) atoms. The van der Waals surface area contributed by atoms with Crippen molar-refractivity contribution in [2.24, 2.45) is 5.41 Å². The van der Waals surface area contributed by atoms with Gasteiger partial charge in [-0.25, -0.2) is 0 Å². The van der Waals surface area contributed by atoms with Crippen molar-refractivity contribution in [1.82, 2.24) is 15.1 Å². The lowest BCUT2D eigenvalue weighted by Crippen LogP contribution is -2.34. The number of nitrogens with zero attached hydrogens (tertiary/aromatic N) is 2. The highest BCUT2D eigenvalue weighted by Crippen LogP contribution is 2.17. The molecule has 1 aromatic rings. The third-order valence-corrected chi connectivity index (χ3v) is 2.59. The monoisotopic (exact) mass is 239 g/mol. The van der Waals surface area contributed by atoms with E-state index in [-0.39, 0.29) is 5.41 Å². The molecule has 98 valence electrons. The van der Waals surface area contributed by atoms with Crippen LogP contribution < -0.4 is 10.1 Å². The fourth-order valence-corrected chi connectivity index (χ4v) is 1.53. The predicted octanol–water partition coefficient (Wildman–Crippen LogP) is 2.31. The third kappa shape index (κ3) is 5.22. The van der Waals surface area contributed by atoms with Gasteiger partial charge in [0.05, 0.1) is 19.0 Å². The Kier molecular flexibility index (Phi) is 5.48. The molecule has 1 heterocycles. The Morgan fingerprint density at radius 2 is 2.18 bits per heavy atom. The molecule has 0 bridgehead atoms. The lowest BCUT2D eigenvalue weighted by atomic mass is 9.95. The van der Waals surface area contributed by atoms with Gasteiger partial charge in [-0.15, -0.1) is 0 Å². The number of hydrogen-bond donors (Lipinski definition) is 1. The molecular weight excluding hydrogens is 214 g/mol. The number of ether oxygens (including phenoxy) is 1. The third-order valence-electron chi connectivity index (χ3n) is 2.59. The summed E-state index contributed by atoms with van der Waals surface area (Å²) in [5.74, 6) is 0.857. The van der Waals surface area contributed by atoms with E-state index in [9.17, 15) is 0 Å². The van der Waals surface area contributed by atoms with Crippen LogP contribution in [-0.4, -0.2) is 29.5 Å². The normalized spacial score (nSPS) is 11.8. The van der Waals surface area contributed by atoms with Crippen LogP contribution in [0.5, 0.6) is 5.75 Å². The molecule has 0 aliphatic carbocycles. The van der Waals surface area contributed by atoms with Crippen molar-refractivity contribution < 1.29 is 4.74 Å². The van der Waals surface area contributed by atoms with Crippen molar-refractivity contribution >= 4 is 0 Å². The molecule has 0 aromatic carbocycles. The van der Waals surface area contributed by atoms with Crippen molar-refractivity contribution in [1.29, 1.82) is 0 Å². The average molecular weight is 239 g/mol. The topological polar surface area (TPSA) is 39.1 Å². The van der Waals surface area contributed by atoms with Gasteiger partial charge >= 0.3 is 0 Å². The Balaban J connectivity index is 2.32. The standard InChI is InChI=1S/C13H25N3O/c1-5-7-14-10-13(3,4)11-17-12-8-15-16(6-2)9-12/h8-9,14H,5-7,10-11H2,1-4H3. The molecule has 0 atom stereocenters. The van der Waals surface area contributed by atoms with Gasteiger partial charge in [-0.3, -0.25) is 4.68 Å². The zero-order chi connectivity index (χ0) is 12.7. The zero-order valence-electron chi connectivity index (χ0n) is 11.5. The van der Waals surface area contributed by atoms with E-state index in [2.05, 4.69) is 38.1 Å². The maximum absolute atomic E-state index is 5.76. The summed E-state index contributed by atoms with van der Waals surface area (Å²) >= 11 is 0. The second-order valence-corrected chi connectivity index (χ2v) is 5.16. The first kappa shape index (κ1) is 14.0. The number of rotatable bonds is 8. The summed E-state index contributed by atoms with van der Waals surface area (Å²) in [6.07, 6.45) is 4.88. The summed E-state index contributed by atoms with van der Waals surface area (Å²) in [5, 5.41) is 7.61. The second kappa shape index (κ2) is 6.64. The first-order valence-corrected chi connectivity index (χ1v) is 6.43. The molecule has 0 radical (unpaired) electrons. The Labute approximate surface area is 104 Å². The van der Waals surface area contributed by atoms with Crippen LogP contribution in [0.25, 0.3) is 0 Å². The van der Waals surface area contributed by atoms with Gasteiger partial charge in [0.2, 0.25) is 0 Å². The molecule has 1 rings (SSSR count). The number of hydrogen-bond acceptors (Lipinski definition) is 3. The summed E-state index contributed by atoms with van der Waals surface area (Å²) in [5.41, 5.74) is 0.142. The van der Waals surface area contributed by atoms with Gasteiger partial charge in [-0.2, -0.15) is 5.10 Å². The molecule has 1 aromatic heterocycles. The van der Waals surface area contributed by atoms with Crippen LogP contribution in [0.4, 0.5) is 0 Å². The fraction of sp³-hybridized carbons (Fsp3) is 0.769. The van der Waals surface area contributed by atoms with Gasteiger partial charge in [-0.1, -0.05) is 20.8 Å². The average Bonchev–Trinajstić information content (AvgIpc) is 2.75. The van der Waals surface area contributed by atoms with E-state index in [1.54, 1.807) is 6.20 Å². The van der Waals surface area contributed by atoms with E-state index in [0.717, 1.165) is 25.4 Å². The molecule has 0 amide bonds. The summed E-state index contributed by atoms with van der Waals surface area (Å²) < 4.78 is 7.63. The van der Waals surface area contributed by atoms with Gasteiger partial charge in [-0.05, 0) is 19.9 Å². The van der Waals surface area contributed by atoms with Crippen molar-refractivity contribution in [3.8, 4) is 5.75 Å². The Bertz CT molecular complexity index is 320. The Hall–Kier alpha value is -1.03. The van der Waals surface area contributed by atoms with Crippen molar-refractivity contribution in [2.75, 3.05) is 19.7 Å². The summed E-state index contributed by atoms with van der Waals surface area (Å²) in [7, 11) is 0. The van der Waals surface area contributed by atoms with Crippen LogP contribution >= 0.6 is 0 Å². The number of aryl methyl sites for hydroxylation is 1. The molecule has 0 aliphatic heterocycles. The van der Waals surface area contributed by atoms with E-state index < -0.39 is 0 Å². The largest absolute Gasteiger partial charge is 0.490 e. The van der Waals surface area contributed by atoms with Crippen LogP contribution in [0.2, 0.25) is 0 Å². The minimum absolute atomic E-state index is 0.142. The smallest absolute Gasteiger partial charge is 0.157 e. The molecule has 4 heteroatoms. The zero-order valence-corrected chi connectivity index (χ0v) is 11.5. The maximum atomic E-state index is 5.76. The van der Waals surface area contributed by atoms with Gasteiger partial charge in [0.25, 0.3) is 0 Å². The lowest BCUT2D eigenvalue weighted by molar-refractivity contribution is 0.176. The SMILES string of the molecule is CCCNCC(C)(C)COc1cnn(CC)c1. The van der Waals surface area contributed by atoms with E-state index in [1.807, 2.05) is 10.9 Å². The first-order chi connectivity index (χ1) is 8.07. The molecule has 0 saturated heterocycles. The predicted molar refractivity (Wildman–Crippen MR) is 70.3 cm³/mol. The first-order valence-electron chi connectivity index (χ1n) is 6.43. The van der Waals surface area contributed by atoms with E-state index in [1.165, 1.54) is 6.42 Å². The highest BCUT2D eigenvalue weighted by molar-refractivity contribution is 5.11. The minimum atomic E-state index is 0.142. The number of nitrogens with one attached hydrogen (secondary N) is 1. The van der Waals surface area contributed by atoms with Gasteiger partial charge in [0, 0.05) is 18.5 Å². The van der Waals surface area contributed by atoms with Crippen molar-refractivity contribution in [2.45, 2.75) is 40.7 Å². The molecule has 1 N–H and O–H groups in total. The molecule has 0 fully saturated rings. The minimum Gasteiger partial charge on any atom is -0.490 e. The van der Waals surface area contributed by atoms with E-state index in [0.29, 0.717) is 6.61 Å². The van der Waals surface area contributed by atoms with Crippen molar-refractivity contribution in [3.05, 3.63) is 12.4 Å². The van der Waals surface area contributed by atoms with E-state index in [4.69, 9.17) is 4.74 Å². The lowest BCUT2D eigenvalue weighted by Gasteiger charge is -2.24. The molecule has 0 spiro atoms. The van der Waals surface area contributed by atoms with Gasteiger partial charge in [0.1, 0.15) is 0 Å². The van der Waals surface area contributed by atoms with Crippen LogP contribution in [0.15, 0.2) is 12.4 Å². The highest BCUT2D eigenvalue weighted by Gasteiger charge is 2.18. The van der Waals surface area contributed by atoms with Crippen molar-refractivity contribution in [3.63, 3.8) is 0 Å². The Morgan fingerprint density at radius 3 is 2.76 bits per heavy atom. The van der Waals surface area contributed by atoms with Gasteiger partial charge in [0.15, 0.2) is 5.75 Å². The summed E-state index contributed by atoms with van der Waals surface area (Å²) in [6, 6.07) is 0. The molecule has 4 nitrogen and oxygen atoms in total. The maximum Gasteiger partial charge on any atom is 0.157 e. The molecule has 0 saturated carbocycles. The van der Waals surface area contributed by atoms with Crippen LogP contribution in [0, 0.1) is 5.41 Å². The quantitative estimate of drug-likeness (QED) is 0.708. The molecule has 0 unspecified atom stereocenters. The van der Waals surface area contributed by atoms with Crippen LogP contribution in [-0.2, 0) is 6.54 Å². The summed E-state index contributed by atoms with van der Waals surface area (Å²) in [4.78, 5) is 0. The molecular formula is C13H25N3O. The summed E-state index contributed by atoms with van der Waals surface area (Å²) in [6.45, 7) is 12.3. The Morgan fingerprint density at radius 1 is 1.41 bits per heavy atom. The van der Waals surface area contributed by atoms with Crippen LogP contribution in [0.3, 0.4) is 0 Å². The highest BCUT2D eigenvalue weighted by atomic mass is 16.5. The van der Waals surface area contributed by atoms with Gasteiger partial charge < -0.3 is 10.1 Å².